The summed E-state index contributed by atoms with van der Waals surface area (Å²) in [5, 5.41) is 6.80. The van der Waals surface area contributed by atoms with E-state index in [2.05, 4.69) is 69.9 Å². The predicted molar refractivity (Wildman–Crippen MR) is 133 cm³/mol. The lowest BCUT2D eigenvalue weighted by Crippen LogP contribution is -2.46. The van der Waals surface area contributed by atoms with Gasteiger partial charge in [-0.3, -0.25) is 9.89 Å². The first-order valence-corrected chi connectivity index (χ1v) is 10.3. The van der Waals surface area contributed by atoms with Gasteiger partial charge in [0.1, 0.15) is 12.4 Å². The van der Waals surface area contributed by atoms with E-state index in [1.165, 1.54) is 11.1 Å². The summed E-state index contributed by atoms with van der Waals surface area (Å²) < 4.78 is 11.3. The lowest BCUT2D eigenvalue weighted by atomic mass is 10.0. The van der Waals surface area contributed by atoms with Crippen LogP contribution in [-0.2, 0) is 4.74 Å². The summed E-state index contributed by atoms with van der Waals surface area (Å²) in [4.78, 5) is 6.82. The van der Waals surface area contributed by atoms with Gasteiger partial charge in [-0.15, -0.1) is 24.0 Å². The van der Waals surface area contributed by atoms with Crippen molar-refractivity contribution >= 4 is 29.9 Å². The Morgan fingerprint density at radius 2 is 1.77 bits per heavy atom. The third kappa shape index (κ3) is 7.77. The molecule has 7 heteroatoms. The van der Waals surface area contributed by atoms with Gasteiger partial charge < -0.3 is 20.1 Å². The molecule has 1 fully saturated rings. The van der Waals surface area contributed by atoms with E-state index in [0.29, 0.717) is 13.2 Å². The van der Waals surface area contributed by atoms with Gasteiger partial charge in [-0.2, -0.15) is 0 Å². The molecule has 0 amide bonds. The first-order valence-electron chi connectivity index (χ1n) is 10.3. The van der Waals surface area contributed by atoms with Crippen molar-refractivity contribution in [2.24, 2.45) is 4.99 Å². The van der Waals surface area contributed by atoms with Gasteiger partial charge in [-0.1, -0.05) is 48.0 Å². The van der Waals surface area contributed by atoms with Crippen LogP contribution in [0.5, 0.6) is 5.75 Å². The van der Waals surface area contributed by atoms with Crippen LogP contribution in [0.1, 0.15) is 17.2 Å². The monoisotopic (exact) mass is 524 g/mol. The van der Waals surface area contributed by atoms with Crippen LogP contribution in [0.3, 0.4) is 0 Å². The van der Waals surface area contributed by atoms with Gasteiger partial charge in [0.25, 0.3) is 0 Å². The highest BCUT2D eigenvalue weighted by Gasteiger charge is 2.22. The fraction of sp³-hybridized carbons (Fsp3) is 0.435. The normalized spacial score (nSPS) is 15.7. The molecule has 2 aromatic rings. The van der Waals surface area contributed by atoms with Gasteiger partial charge in [0.05, 0.1) is 25.8 Å². The highest BCUT2D eigenvalue weighted by atomic mass is 127. The van der Waals surface area contributed by atoms with E-state index in [-0.39, 0.29) is 30.0 Å². The second-order valence-electron chi connectivity index (χ2n) is 7.12. The molecule has 0 aromatic heterocycles. The van der Waals surface area contributed by atoms with Crippen molar-refractivity contribution in [2.45, 2.75) is 13.0 Å². The summed E-state index contributed by atoms with van der Waals surface area (Å²) in [5.74, 6) is 1.67. The number of nitrogens with zero attached hydrogens (tertiary/aromatic N) is 2. The number of benzene rings is 2. The predicted octanol–water partition coefficient (Wildman–Crippen LogP) is 3.23. The molecule has 0 spiro atoms. The van der Waals surface area contributed by atoms with Crippen molar-refractivity contribution in [3.63, 3.8) is 0 Å². The smallest absolute Gasteiger partial charge is 0.191 e. The van der Waals surface area contributed by atoms with Crippen LogP contribution >= 0.6 is 24.0 Å². The zero-order valence-corrected chi connectivity index (χ0v) is 20.2. The maximum Gasteiger partial charge on any atom is 0.191 e. The van der Waals surface area contributed by atoms with Gasteiger partial charge in [-0.25, -0.2) is 0 Å². The quantitative estimate of drug-likeness (QED) is 0.241. The Bertz CT molecular complexity index is 750. The molecule has 1 aliphatic heterocycles. The summed E-state index contributed by atoms with van der Waals surface area (Å²) >= 11 is 0. The third-order valence-electron chi connectivity index (χ3n) is 5.04. The van der Waals surface area contributed by atoms with Crippen LogP contribution in [0.15, 0.2) is 59.6 Å². The zero-order valence-electron chi connectivity index (χ0n) is 17.8. The fourth-order valence-corrected chi connectivity index (χ4v) is 3.41. The number of halogens is 1. The largest absolute Gasteiger partial charge is 0.492 e. The Balaban J connectivity index is 0.00000320. The first-order chi connectivity index (χ1) is 14.3. The van der Waals surface area contributed by atoms with Crippen molar-refractivity contribution in [1.82, 2.24) is 15.5 Å². The molecule has 2 aromatic carbocycles. The first kappa shape index (κ1) is 24.4. The van der Waals surface area contributed by atoms with E-state index in [9.17, 15) is 0 Å². The molecule has 0 radical (unpaired) electrons. The molecular formula is C23H33IN4O2. The minimum absolute atomic E-state index is 0. The Hall–Kier alpha value is -1.84. The molecule has 1 atom stereocenters. The molecule has 30 heavy (non-hydrogen) atoms. The van der Waals surface area contributed by atoms with Gasteiger partial charge in [0.15, 0.2) is 5.96 Å². The molecule has 1 heterocycles. The zero-order chi connectivity index (χ0) is 20.3. The number of nitrogens with one attached hydrogen (secondary N) is 2. The summed E-state index contributed by atoms with van der Waals surface area (Å²) in [5.41, 5.74) is 2.54. The van der Waals surface area contributed by atoms with Crippen LogP contribution in [0, 0.1) is 6.92 Å². The van der Waals surface area contributed by atoms with Gasteiger partial charge in [-0.05, 0) is 24.6 Å². The van der Waals surface area contributed by atoms with Gasteiger partial charge in [0, 0.05) is 26.7 Å². The standard InChI is InChI=1S/C23H32N4O2.HI/c1-19-8-10-21(11-9-19)29-15-12-25-23(24-2)26-18-22(20-6-4-3-5-7-20)27-13-16-28-17-14-27;/h3-11,22H,12-18H2,1-2H3,(H2,24,25,26);1H. The van der Waals surface area contributed by atoms with E-state index in [4.69, 9.17) is 9.47 Å². The average Bonchev–Trinajstić information content (AvgIpc) is 2.78. The van der Waals surface area contributed by atoms with Crippen molar-refractivity contribution in [2.75, 3.05) is 53.0 Å². The lowest BCUT2D eigenvalue weighted by Gasteiger charge is -2.35. The second-order valence-corrected chi connectivity index (χ2v) is 7.12. The molecule has 2 N–H and O–H groups in total. The van der Waals surface area contributed by atoms with Gasteiger partial charge >= 0.3 is 0 Å². The molecular weight excluding hydrogens is 491 g/mol. The summed E-state index contributed by atoms with van der Waals surface area (Å²) in [6.45, 7) is 7.56. The van der Waals surface area contributed by atoms with Crippen molar-refractivity contribution in [1.29, 1.82) is 0 Å². The lowest BCUT2D eigenvalue weighted by molar-refractivity contribution is 0.0170. The molecule has 0 aliphatic carbocycles. The molecule has 3 rings (SSSR count). The number of aliphatic imine (C=N–C) groups is 1. The van der Waals surface area contributed by atoms with Crippen LogP contribution in [0.2, 0.25) is 0 Å². The van der Waals surface area contributed by atoms with Crippen molar-refractivity contribution < 1.29 is 9.47 Å². The maximum atomic E-state index is 5.78. The maximum absolute atomic E-state index is 5.78. The Morgan fingerprint density at radius 3 is 2.43 bits per heavy atom. The number of morpholine rings is 1. The Kier molecular flexibility index (Phi) is 11.0. The summed E-state index contributed by atoms with van der Waals surface area (Å²) in [6.07, 6.45) is 0. The number of hydrogen-bond donors (Lipinski definition) is 2. The van der Waals surface area contributed by atoms with Gasteiger partial charge in [0.2, 0.25) is 0 Å². The molecule has 1 saturated heterocycles. The number of ether oxygens (including phenoxy) is 2. The van der Waals surface area contributed by atoms with Crippen molar-refractivity contribution in [3.05, 3.63) is 65.7 Å². The number of guanidine groups is 1. The van der Waals surface area contributed by atoms with E-state index >= 15 is 0 Å². The summed E-state index contributed by atoms with van der Waals surface area (Å²) in [6, 6.07) is 19.0. The summed E-state index contributed by atoms with van der Waals surface area (Å²) in [7, 11) is 1.79. The van der Waals surface area contributed by atoms with E-state index < -0.39 is 0 Å². The van der Waals surface area contributed by atoms with Crippen LogP contribution in [-0.4, -0.2) is 63.9 Å². The highest BCUT2D eigenvalue weighted by Crippen LogP contribution is 2.21. The molecule has 0 saturated carbocycles. The third-order valence-corrected chi connectivity index (χ3v) is 5.04. The molecule has 164 valence electrons. The van der Waals surface area contributed by atoms with Crippen LogP contribution < -0.4 is 15.4 Å². The minimum atomic E-state index is 0. The fourth-order valence-electron chi connectivity index (χ4n) is 3.41. The second kappa shape index (κ2) is 13.5. The Labute approximate surface area is 197 Å². The minimum Gasteiger partial charge on any atom is -0.492 e. The topological polar surface area (TPSA) is 58.1 Å². The average molecular weight is 524 g/mol. The van der Waals surface area contributed by atoms with Crippen LogP contribution in [0.4, 0.5) is 0 Å². The van der Waals surface area contributed by atoms with E-state index in [0.717, 1.165) is 44.6 Å². The highest BCUT2D eigenvalue weighted by molar-refractivity contribution is 14.0. The number of rotatable bonds is 8. The Morgan fingerprint density at radius 1 is 1.07 bits per heavy atom. The SMILES string of the molecule is CN=C(NCCOc1ccc(C)cc1)NCC(c1ccccc1)N1CCOCC1.I. The molecule has 1 aliphatic rings. The van der Waals surface area contributed by atoms with Crippen LogP contribution in [0.25, 0.3) is 0 Å². The van der Waals surface area contributed by atoms with E-state index in [1.807, 2.05) is 12.1 Å². The number of hydrogen-bond acceptors (Lipinski definition) is 4. The molecule has 0 bridgehead atoms. The number of aryl methyl sites for hydroxylation is 1. The van der Waals surface area contributed by atoms with Crippen molar-refractivity contribution in [3.8, 4) is 5.75 Å². The molecule has 1 unspecified atom stereocenters. The molecule has 6 nitrogen and oxygen atoms in total. The van der Waals surface area contributed by atoms with E-state index in [1.54, 1.807) is 7.05 Å².